The molecule has 0 radical (unpaired) electrons. The monoisotopic (exact) mass is 336 g/mol. The molecule has 6 heteroatoms. The van der Waals surface area contributed by atoms with E-state index in [4.69, 9.17) is 4.84 Å². The predicted octanol–water partition coefficient (Wildman–Crippen LogP) is 2.36. The lowest BCUT2D eigenvalue weighted by Crippen LogP contribution is -2.53. The Hall–Kier alpha value is -1.72. The Labute approximate surface area is 143 Å². The second-order valence-corrected chi connectivity index (χ2v) is 6.65. The van der Waals surface area contributed by atoms with Crippen molar-refractivity contribution < 1.29 is 19.2 Å². The highest BCUT2D eigenvalue weighted by Crippen LogP contribution is 2.27. The molecule has 0 N–H and O–H groups in total. The van der Waals surface area contributed by atoms with Crippen molar-refractivity contribution in [2.24, 2.45) is 17.0 Å². The smallest absolute Gasteiger partial charge is 0.226 e. The van der Waals surface area contributed by atoms with Crippen LogP contribution < -0.4 is 0 Å². The molecule has 0 atom stereocenters. The molecule has 1 heterocycles. The van der Waals surface area contributed by atoms with Crippen LogP contribution in [0.4, 0.5) is 0 Å². The van der Waals surface area contributed by atoms with Crippen LogP contribution in [0.3, 0.4) is 0 Å². The average Bonchev–Trinajstić information content (AvgIpc) is 2.59. The molecule has 2 aliphatic rings. The topological polar surface area (TPSA) is 76.0 Å². The van der Waals surface area contributed by atoms with Gasteiger partial charge in [0.15, 0.2) is 11.6 Å². The van der Waals surface area contributed by atoms with Crippen molar-refractivity contribution in [2.45, 2.75) is 58.8 Å². The van der Waals surface area contributed by atoms with Gasteiger partial charge in [-0.15, -0.1) is 0 Å². The first-order chi connectivity index (χ1) is 11.6. The third kappa shape index (κ3) is 4.42. The zero-order valence-corrected chi connectivity index (χ0v) is 14.8. The summed E-state index contributed by atoms with van der Waals surface area (Å²) in [7, 11) is 0. The summed E-state index contributed by atoms with van der Waals surface area (Å²) in [5.74, 6) is -1.37. The molecule has 1 saturated heterocycles. The van der Waals surface area contributed by atoms with Crippen molar-refractivity contribution in [3.8, 4) is 0 Å². The quantitative estimate of drug-likeness (QED) is 0.424. The van der Waals surface area contributed by atoms with E-state index in [-0.39, 0.29) is 36.5 Å². The van der Waals surface area contributed by atoms with Gasteiger partial charge in [0.05, 0.1) is 18.8 Å². The van der Waals surface area contributed by atoms with Crippen LogP contribution in [0.25, 0.3) is 0 Å². The molecule has 0 aromatic rings. The summed E-state index contributed by atoms with van der Waals surface area (Å²) in [6.07, 6.45) is 6.35. The molecule has 0 spiro atoms. The van der Waals surface area contributed by atoms with E-state index in [2.05, 4.69) is 5.16 Å². The fourth-order valence-corrected chi connectivity index (χ4v) is 3.58. The number of carbonyl (C=O) groups excluding carboxylic acids is 3. The van der Waals surface area contributed by atoms with Crippen LogP contribution in [0, 0.1) is 11.8 Å². The third-order valence-electron chi connectivity index (χ3n) is 4.75. The molecule has 134 valence electrons. The Morgan fingerprint density at radius 1 is 1.12 bits per heavy atom. The van der Waals surface area contributed by atoms with Gasteiger partial charge in [-0.1, -0.05) is 37.8 Å². The summed E-state index contributed by atoms with van der Waals surface area (Å²) in [6, 6.07) is 0. The maximum Gasteiger partial charge on any atom is 0.226 e. The molecule has 0 unspecified atom stereocenters. The number of ketones is 2. The van der Waals surface area contributed by atoms with Gasteiger partial charge in [0.2, 0.25) is 5.91 Å². The van der Waals surface area contributed by atoms with Crippen LogP contribution in [0.2, 0.25) is 0 Å². The minimum atomic E-state index is -0.841. The number of piperidine rings is 1. The standard InChI is InChI=1S/C18H28N2O4/c1-3-8-14(19-24-4-2)17-15(21)11-20(12-16(17)22)18(23)13-9-6-5-7-10-13/h13,17H,3-12H2,1-2H3. The van der Waals surface area contributed by atoms with Crippen molar-refractivity contribution >= 4 is 23.2 Å². The van der Waals surface area contributed by atoms with E-state index in [1.807, 2.05) is 13.8 Å². The molecule has 0 aromatic heterocycles. The van der Waals surface area contributed by atoms with Gasteiger partial charge in [-0.25, -0.2) is 0 Å². The van der Waals surface area contributed by atoms with Gasteiger partial charge in [-0.2, -0.15) is 0 Å². The van der Waals surface area contributed by atoms with Crippen LogP contribution in [0.15, 0.2) is 5.16 Å². The van der Waals surface area contributed by atoms with Crippen molar-refractivity contribution in [1.29, 1.82) is 0 Å². The number of amides is 1. The van der Waals surface area contributed by atoms with Gasteiger partial charge in [0.1, 0.15) is 12.5 Å². The molecule has 0 bridgehead atoms. The first-order valence-electron chi connectivity index (χ1n) is 9.11. The predicted molar refractivity (Wildman–Crippen MR) is 90.6 cm³/mol. The Kier molecular flexibility index (Phi) is 6.94. The van der Waals surface area contributed by atoms with Crippen LogP contribution in [-0.2, 0) is 19.2 Å². The lowest BCUT2D eigenvalue weighted by atomic mass is 9.85. The minimum absolute atomic E-state index is 0.0145. The summed E-state index contributed by atoms with van der Waals surface area (Å²) in [4.78, 5) is 44.2. The fourth-order valence-electron chi connectivity index (χ4n) is 3.58. The highest BCUT2D eigenvalue weighted by Gasteiger charge is 2.40. The Balaban J connectivity index is 2.06. The maximum absolute atomic E-state index is 12.6. The minimum Gasteiger partial charge on any atom is -0.396 e. The summed E-state index contributed by atoms with van der Waals surface area (Å²) >= 11 is 0. The number of oxime groups is 1. The van der Waals surface area contributed by atoms with Gasteiger partial charge in [0, 0.05) is 5.92 Å². The van der Waals surface area contributed by atoms with Crippen LogP contribution in [-0.4, -0.2) is 47.8 Å². The lowest BCUT2D eigenvalue weighted by Gasteiger charge is -2.33. The number of nitrogens with zero attached hydrogens (tertiary/aromatic N) is 2. The summed E-state index contributed by atoms with van der Waals surface area (Å²) in [6.45, 7) is 4.20. The van der Waals surface area contributed by atoms with Gasteiger partial charge in [-0.3, -0.25) is 14.4 Å². The number of hydrogen-bond acceptors (Lipinski definition) is 5. The van der Waals surface area contributed by atoms with Crippen LogP contribution in [0.5, 0.6) is 0 Å². The van der Waals surface area contributed by atoms with Crippen molar-refractivity contribution in [1.82, 2.24) is 4.90 Å². The van der Waals surface area contributed by atoms with E-state index < -0.39 is 5.92 Å². The van der Waals surface area contributed by atoms with E-state index in [1.54, 1.807) is 0 Å². The van der Waals surface area contributed by atoms with Crippen molar-refractivity contribution in [2.75, 3.05) is 19.7 Å². The summed E-state index contributed by atoms with van der Waals surface area (Å²) in [5.41, 5.74) is 0.499. The highest BCUT2D eigenvalue weighted by atomic mass is 16.6. The van der Waals surface area contributed by atoms with E-state index in [0.29, 0.717) is 18.7 Å². The molecular formula is C18H28N2O4. The van der Waals surface area contributed by atoms with Gasteiger partial charge in [0.25, 0.3) is 0 Å². The second kappa shape index (κ2) is 8.94. The van der Waals surface area contributed by atoms with E-state index >= 15 is 0 Å². The normalized spacial score (nSPS) is 21.2. The second-order valence-electron chi connectivity index (χ2n) is 6.65. The Morgan fingerprint density at radius 2 is 1.75 bits per heavy atom. The molecule has 0 aromatic carbocycles. The zero-order chi connectivity index (χ0) is 17.5. The largest absolute Gasteiger partial charge is 0.396 e. The number of likely N-dealkylation sites (tertiary alicyclic amines) is 1. The molecule has 2 rings (SSSR count). The van der Waals surface area contributed by atoms with Crippen molar-refractivity contribution in [3.63, 3.8) is 0 Å². The molecule has 1 aliphatic carbocycles. The summed E-state index contributed by atoms with van der Waals surface area (Å²) in [5, 5.41) is 3.99. The molecule has 24 heavy (non-hydrogen) atoms. The van der Waals surface area contributed by atoms with Gasteiger partial charge < -0.3 is 9.74 Å². The zero-order valence-electron chi connectivity index (χ0n) is 14.8. The summed E-state index contributed by atoms with van der Waals surface area (Å²) < 4.78 is 0. The SMILES string of the molecule is CCCC(=NOCC)C1C(=O)CN(C(=O)C2CCCCC2)CC1=O. The molecule has 1 saturated carbocycles. The van der Waals surface area contributed by atoms with Gasteiger partial charge in [-0.05, 0) is 26.2 Å². The highest BCUT2D eigenvalue weighted by molar-refractivity contribution is 6.23. The molecule has 2 fully saturated rings. The van der Waals surface area contributed by atoms with Crippen LogP contribution in [0.1, 0.15) is 58.8 Å². The molecule has 1 aliphatic heterocycles. The number of carbonyl (C=O) groups is 3. The molecular weight excluding hydrogens is 308 g/mol. The number of rotatable bonds is 6. The van der Waals surface area contributed by atoms with Crippen LogP contribution >= 0.6 is 0 Å². The Morgan fingerprint density at radius 3 is 2.29 bits per heavy atom. The van der Waals surface area contributed by atoms with Crippen molar-refractivity contribution in [3.05, 3.63) is 0 Å². The van der Waals surface area contributed by atoms with E-state index in [0.717, 1.165) is 38.5 Å². The fraction of sp³-hybridized carbons (Fsp3) is 0.778. The third-order valence-corrected chi connectivity index (χ3v) is 4.75. The van der Waals surface area contributed by atoms with Gasteiger partial charge >= 0.3 is 0 Å². The lowest BCUT2D eigenvalue weighted by molar-refractivity contribution is -0.148. The average molecular weight is 336 g/mol. The molecule has 6 nitrogen and oxygen atoms in total. The molecule has 1 amide bonds. The maximum atomic E-state index is 12.6. The van der Waals surface area contributed by atoms with E-state index in [1.165, 1.54) is 4.90 Å². The first-order valence-corrected chi connectivity index (χ1v) is 9.11. The number of hydrogen-bond donors (Lipinski definition) is 0. The van der Waals surface area contributed by atoms with E-state index in [9.17, 15) is 14.4 Å². The Bertz CT molecular complexity index is 491. The first kappa shape index (κ1) is 18.6. The number of Topliss-reactive ketones (excluding diaryl/α,β-unsaturated/α-hetero) is 2.